The van der Waals surface area contributed by atoms with E-state index in [1.54, 1.807) is 0 Å². The SMILES string of the molecule is O=C(O)Cc1c(CBr)cnc(C(F)(F)F)c1OC(F)(F)F. The Balaban J connectivity index is 3.57. The van der Waals surface area contributed by atoms with Crippen LogP contribution in [0.15, 0.2) is 6.20 Å². The Kier molecular flexibility index (Phi) is 5.07. The number of aliphatic carboxylic acids is 1. The molecule has 1 heterocycles. The van der Waals surface area contributed by atoms with Crippen molar-refractivity contribution in [1.82, 2.24) is 4.98 Å². The number of carboxylic acid groups (broad SMARTS) is 1. The van der Waals surface area contributed by atoms with E-state index >= 15 is 0 Å². The maximum absolute atomic E-state index is 12.7. The van der Waals surface area contributed by atoms with Crippen LogP contribution in [0.5, 0.6) is 5.75 Å². The summed E-state index contributed by atoms with van der Waals surface area (Å²) in [6.45, 7) is 0. The van der Waals surface area contributed by atoms with Crippen LogP contribution in [0.2, 0.25) is 0 Å². The largest absolute Gasteiger partial charge is 0.573 e. The van der Waals surface area contributed by atoms with E-state index < -0.39 is 41.9 Å². The monoisotopic (exact) mass is 381 g/mol. The molecule has 0 aliphatic rings. The topological polar surface area (TPSA) is 59.4 Å². The van der Waals surface area contributed by atoms with Crippen LogP contribution in [0.3, 0.4) is 0 Å². The molecule has 0 spiro atoms. The van der Waals surface area contributed by atoms with Crippen LogP contribution in [-0.2, 0) is 22.7 Å². The van der Waals surface area contributed by atoms with Crippen molar-refractivity contribution < 1.29 is 41.0 Å². The molecule has 0 atom stereocenters. The molecule has 0 saturated heterocycles. The number of carbonyl (C=O) groups is 1. The molecule has 118 valence electrons. The molecule has 1 rings (SSSR count). The third kappa shape index (κ3) is 4.76. The Bertz CT molecular complexity index is 543. The minimum atomic E-state index is -5.42. The molecule has 0 aromatic carbocycles. The van der Waals surface area contributed by atoms with Crippen molar-refractivity contribution in [3.8, 4) is 5.75 Å². The van der Waals surface area contributed by atoms with Gasteiger partial charge in [-0.05, 0) is 5.56 Å². The second-order valence-electron chi connectivity index (χ2n) is 3.69. The van der Waals surface area contributed by atoms with Gasteiger partial charge in [-0.2, -0.15) is 13.2 Å². The normalized spacial score (nSPS) is 12.3. The zero-order valence-corrected chi connectivity index (χ0v) is 11.4. The standard InChI is InChI=1S/C10H6BrF6NO3/c11-2-4-3-18-8(9(12,13)14)7(21-10(15,16)17)5(4)1-6(19)20/h3H,1-2H2,(H,19,20). The maximum Gasteiger partial charge on any atom is 0.573 e. The van der Waals surface area contributed by atoms with Crippen molar-refractivity contribution in [2.75, 3.05) is 0 Å². The van der Waals surface area contributed by atoms with Gasteiger partial charge >= 0.3 is 18.5 Å². The number of aromatic nitrogens is 1. The Morgan fingerprint density at radius 1 is 1.29 bits per heavy atom. The second-order valence-corrected chi connectivity index (χ2v) is 4.25. The van der Waals surface area contributed by atoms with Crippen molar-refractivity contribution >= 4 is 21.9 Å². The first-order valence-electron chi connectivity index (χ1n) is 5.07. The number of hydrogen-bond acceptors (Lipinski definition) is 3. The number of ether oxygens (including phenoxy) is 1. The Morgan fingerprint density at radius 3 is 2.24 bits per heavy atom. The van der Waals surface area contributed by atoms with Gasteiger partial charge in [-0.25, -0.2) is 4.98 Å². The molecule has 0 aliphatic carbocycles. The van der Waals surface area contributed by atoms with Crippen molar-refractivity contribution in [2.45, 2.75) is 24.3 Å². The highest BCUT2D eigenvalue weighted by atomic mass is 79.9. The molecule has 21 heavy (non-hydrogen) atoms. The Hall–Kier alpha value is -1.52. The third-order valence-electron chi connectivity index (χ3n) is 2.18. The van der Waals surface area contributed by atoms with Gasteiger partial charge < -0.3 is 9.84 Å². The molecule has 4 nitrogen and oxygen atoms in total. The number of halogens is 7. The third-order valence-corrected chi connectivity index (χ3v) is 2.79. The van der Waals surface area contributed by atoms with Crippen LogP contribution in [0, 0.1) is 0 Å². The van der Waals surface area contributed by atoms with Gasteiger partial charge in [0.05, 0.1) is 6.42 Å². The highest BCUT2D eigenvalue weighted by Crippen LogP contribution is 2.40. The fourth-order valence-electron chi connectivity index (χ4n) is 1.46. The summed E-state index contributed by atoms with van der Waals surface area (Å²) < 4.78 is 78.3. The number of carboxylic acids is 1. The van der Waals surface area contributed by atoms with E-state index in [-0.39, 0.29) is 10.9 Å². The van der Waals surface area contributed by atoms with E-state index in [9.17, 15) is 31.1 Å². The number of alkyl halides is 7. The lowest BCUT2D eigenvalue weighted by Crippen LogP contribution is -2.23. The molecule has 0 bridgehead atoms. The van der Waals surface area contributed by atoms with Crippen LogP contribution in [0.25, 0.3) is 0 Å². The zero-order chi connectivity index (χ0) is 16.4. The number of nitrogens with zero attached hydrogens (tertiary/aromatic N) is 1. The molecular formula is C10H6BrF6NO3. The van der Waals surface area contributed by atoms with Crippen molar-refractivity contribution in [2.24, 2.45) is 0 Å². The number of pyridine rings is 1. The van der Waals surface area contributed by atoms with Crippen LogP contribution in [-0.4, -0.2) is 22.4 Å². The number of rotatable bonds is 4. The van der Waals surface area contributed by atoms with E-state index in [1.165, 1.54) is 0 Å². The lowest BCUT2D eigenvalue weighted by molar-refractivity contribution is -0.276. The molecule has 0 fully saturated rings. The minimum Gasteiger partial charge on any atom is -0.481 e. The van der Waals surface area contributed by atoms with Gasteiger partial charge in [0.1, 0.15) is 0 Å². The average molecular weight is 382 g/mol. The molecular weight excluding hydrogens is 376 g/mol. The first-order chi connectivity index (χ1) is 9.45. The molecule has 1 aromatic heterocycles. The number of hydrogen-bond donors (Lipinski definition) is 1. The summed E-state index contributed by atoms with van der Waals surface area (Å²) in [5, 5.41) is 8.46. The van der Waals surface area contributed by atoms with Gasteiger partial charge in [0.25, 0.3) is 0 Å². The fraction of sp³-hybridized carbons (Fsp3) is 0.400. The van der Waals surface area contributed by atoms with Gasteiger partial charge in [-0.1, -0.05) is 15.9 Å². The highest BCUT2D eigenvalue weighted by Gasteiger charge is 2.42. The van der Waals surface area contributed by atoms with Crippen LogP contribution in [0.4, 0.5) is 26.3 Å². The quantitative estimate of drug-likeness (QED) is 0.640. The summed E-state index contributed by atoms with van der Waals surface area (Å²) in [7, 11) is 0. The zero-order valence-electron chi connectivity index (χ0n) is 9.85. The van der Waals surface area contributed by atoms with E-state index in [2.05, 4.69) is 25.7 Å². The predicted octanol–water partition coefficient (Wildman–Crippen LogP) is 3.52. The van der Waals surface area contributed by atoms with Gasteiger partial charge in [0.15, 0.2) is 11.4 Å². The van der Waals surface area contributed by atoms with Gasteiger partial charge in [0.2, 0.25) is 0 Å². The molecule has 1 N–H and O–H groups in total. The van der Waals surface area contributed by atoms with Crippen LogP contribution in [0.1, 0.15) is 16.8 Å². The van der Waals surface area contributed by atoms with Gasteiger partial charge in [-0.3, -0.25) is 4.79 Å². The van der Waals surface area contributed by atoms with Gasteiger partial charge in [0, 0.05) is 17.1 Å². The van der Waals surface area contributed by atoms with Crippen LogP contribution >= 0.6 is 15.9 Å². The van der Waals surface area contributed by atoms with E-state index in [0.717, 1.165) is 0 Å². The Labute approximate surface area is 121 Å². The summed E-state index contributed by atoms with van der Waals surface area (Å²) in [6.07, 6.45) is -11.1. The maximum atomic E-state index is 12.7. The van der Waals surface area contributed by atoms with Crippen LogP contribution < -0.4 is 4.74 Å². The second kappa shape index (κ2) is 6.08. The summed E-state index contributed by atoms with van der Waals surface area (Å²) in [4.78, 5) is 13.6. The summed E-state index contributed by atoms with van der Waals surface area (Å²) in [5.41, 5.74) is -2.82. The summed E-state index contributed by atoms with van der Waals surface area (Å²) in [6, 6.07) is 0. The van der Waals surface area contributed by atoms with Crippen molar-refractivity contribution in [1.29, 1.82) is 0 Å². The molecule has 0 saturated carbocycles. The fourth-order valence-corrected chi connectivity index (χ4v) is 1.94. The highest BCUT2D eigenvalue weighted by molar-refractivity contribution is 9.08. The average Bonchev–Trinajstić information content (AvgIpc) is 2.27. The molecule has 0 radical (unpaired) electrons. The lowest BCUT2D eigenvalue weighted by Gasteiger charge is -2.19. The summed E-state index contributed by atoms with van der Waals surface area (Å²) >= 11 is 2.84. The predicted molar refractivity (Wildman–Crippen MR) is 59.9 cm³/mol. The van der Waals surface area contributed by atoms with Crippen molar-refractivity contribution in [3.05, 3.63) is 23.0 Å². The molecule has 0 amide bonds. The first-order valence-corrected chi connectivity index (χ1v) is 6.19. The smallest absolute Gasteiger partial charge is 0.481 e. The van der Waals surface area contributed by atoms with Crippen molar-refractivity contribution in [3.63, 3.8) is 0 Å². The Morgan fingerprint density at radius 2 is 1.86 bits per heavy atom. The summed E-state index contributed by atoms with van der Waals surface area (Å²) in [5.74, 6) is -3.25. The van der Waals surface area contributed by atoms with E-state index in [4.69, 9.17) is 5.11 Å². The van der Waals surface area contributed by atoms with E-state index in [1.807, 2.05) is 0 Å². The molecule has 0 aliphatic heterocycles. The van der Waals surface area contributed by atoms with Gasteiger partial charge in [-0.15, -0.1) is 13.2 Å². The minimum absolute atomic E-state index is 0.148. The van der Waals surface area contributed by atoms with E-state index in [0.29, 0.717) is 6.20 Å². The molecule has 11 heteroatoms. The lowest BCUT2D eigenvalue weighted by atomic mass is 10.1. The molecule has 0 unspecified atom stereocenters. The molecule has 1 aromatic rings. The first kappa shape index (κ1) is 17.5.